The number of benzene rings is 1. The second-order valence-corrected chi connectivity index (χ2v) is 4.57. The van der Waals surface area contributed by atoms with Gasteiger partial charge in [-0.2, -0.15) is 0 Å². The number of aliphatic hydroxyl groups is 1. The summed E-state index contributed by atoms with van der Waals surface area (Å²) in [5, 5.41) is 15.7. The monoisotopic (exact) mass is 254 g/mol. The van der Waals surface area contributed by atoms with E-state index < -0.39 is 6.10 Å². The molecule has 1 fully saturated rings. The number of rotatable bonds is 3. The largest absolute Gasteiger partial charge is 0.392 e. The van der Waals surface area contributed by atoms with Crippen LogP contribution in [0.1, 0.15) is 12.0 Å². The van der Waals surface area contributed by atoms with Gasteiger partial charge < -0.3 is 15.7 Å². The standard InChI is InChI=1S/C12H15ClN2O2/c13-10-4-2-1-3-8(10)6-15-12(17)11-5-9(16)7-14-11/h1-4,9,11,14,16H,5-7H2,(H,15,17)/t9-,11-/m1/s1. The molecule has 0 bridgehead atoms. The smallest absolute Gasteiger partial charge is 0.237 e. The van der Waals surface area contributed by atoms with E-state index in [2.05, 4.69) is 10.6 Å². The molecule has 17 heavy (non-hydrogen) atoms. The molecule has 2 rings (SSSR count). The summed E-state index contributed by atoms with van der Waals surface area (Å²) in [6, 6.07) is 7.10. The lowest BCUT2D eigenvalue weighted by Gasteiger charge is -2.11. The van der Waals surface area contributed by atoms with Gasteiger partial charge in [0.25, 0.3) is 0 Å². The Bertz CT molecular complexity index is 411. The van der Waals surface area contributed by atoms with Gasteiger partial charge in [-0.3, -0.25) is 4.79 Å². The number of β-amino-alcohol motifs (C(OH)–C–C–N with tert-alkyl or cyclic N) is 1. The van der Waals surface area contributed by atoms with E-state index in [9.17, 15) is 9.90 Å². The fourth-order valence-corrected chi connectivity index (χ4v) is 2.07. The summed E-state index contributed by atoms with van der Waals surface area (Å²) < 4.78 is 0. The van der Waals surface area contributed by atoms with E-state index in [0.717, 1.165) is 5.56 Å². The Balaban J connectivity index is 1.86. The van der Waals surface area contributed by atoms with Gasteiger partial charge in [0.1, 0.15) is 0 Å². The van der Waals surface area contributed by atoms with E-state index in [0.29, 0.717) is 24.5 Å². The third kappa shape index (κ3) is 3.19. The number of halogens is 1. The quantitative estimate of drug-likeness (QED) is 0.743. The van der Waals surface area contributed by atoms with Crippen molar-refractivity contribution in [1.29, 1.82) is 0 Å². The molecule has 2 atom stereocenters. The molecule has 1 aromatic carbocycles. The molecule has 0 unspecified atom stereocenters. The molecular weight excluding hydrogens is 240 g/mol. The molecule has 3 N–H and O–H groups in total. The van der Waals surface area contributed by atoms with Gasteiger partial charge in [0.2, 0.25) is 5.91 Å². The van der Waals surface area contributed by atoms with E-state index in [1.807, 2.05) is 18.2 Å². The van der Waals surface area contributed by atoms with Crippen LogP contribution in [0.25, 0.3) is 0 Å². The molecule has 0 saturated carbocycles. The molecular formula is C12H15ClN2O2. The van der Waals surface area contributed by atoms with Gasteiger partial charge >= 0.3 is 0 Å². The second kappa shape index (κ2) is 5.49. The molecule has 1 aliphatic heterocycles. The van der Waals surface area contributed by atoms with Crippen LogP contribution >= 0.6 is 11.6 Å². The summed E-state index contributed by atoms with van der Waals surface area (Å²) in [7, 11) is 0. The highest BCUT2D eigenvalue weighted by molar-refractivity contribution is 6.31. The van der Waals surface area contributed by atoms with Crippen molar-refractivity contribution in [3.05, 3.63) is 34.9 Å². The molecule has 0 aromatic heterocycles. The second-order valence-electron chi connectivity index (χ2n) is 4.16. The molecule has 92 valence electrons. The van der Waals surface area contributed by atoms with Gasteiger partial charge in [-0.1, -0.05) is 29.8 Å². The van der Waals surface area contributed by atoms with Crippen LogP contribution in [0, 0.1) is 0 Å². The van der Waals surface area contributed by atoms with E-state index in [-0.39, 0.29) is 11.9 Å². The van der Waals surface area contributed by atoms with E-state index >= 15 is 0 Å². The minimum atomic E-state index is -0.425. The highest BCUT2D eigenvalue weighted by Crippen LogP contribution is 2.14. The van der Waals surface area contributed by atoms with Crippen molar-refractivity contribution in [3.8, 4) is 0 Å². The first kappa shape index (κ1) is 12.4. The van der Waals surface area contributed by atoms with Gasteiger partial charge in [0.05, 0.1) is 12.1 Å². The predicted octanol–water partition coefficient (Wildman–Crippen LogP) is 0.679. The zero-order valence-corrected chi connectivity index (χ0v) is 10.1. The van der Waals surface area contributed by atoms with Crippen LogP contribution in [0.15, 0.2) is 24.3 Å². The predicted molar refractivity (Wildman–Crippen MR) is 65.7 cm³/mol. The van der Waals surface area contributed by atoms with Crippen LogP contribution in [0.5, 0.6) is 0 Å². The minimum absolute atomic E-state index is 0.0959. The number of nitrogens with one attached hydrogen (secondary N) is 2. The average molecular weight is 255 g/mol. The molecule has 0 spiro atoms. The number of hydrogen-bond acceptors (Lipinski definition) is 3. The van der Waals surface area contributed by atoms with Crippen LogP contribution in [-0.4, -0.2) is 29.7 Å². The van der Waals surface area contributed by atoms with Gasteiger partial charge in [-0.05, 0) is 18.1 Å². The van der Waals surface area contributed by atoms with Crippen LogP contribution < -0.4 is 10.6 Å². The zero-order valence-electron chi connectivity index (χ0n) is 9.32. The van der Waals surface area contributed by atoms with Crippen molar-refractivity contribution in [2.45, 2.75) is 25.1 Å². The average Bonchev–Trinajstić information content (AvgIpc) is 2.74. The fraction of sp³-hybridized carbons (Fsp3) is 0.417. The minimum Gasteiger partial charge on any atom is -0.392 e. The van der Waals surface area contributed by atoms with Crippen LogP contribution in [0.2, 0.25) is 5.02 Å². The Morgan fingerprint density at radius 2 is 2.29 bits per heavy atom. The summed E-state index contributed by atoms with van der Waals surface area (Å²) in [6.45, 7) is 0.886. The van der Waals surface area contributed by atoms with Crippen LogP contribution in [0.4, 0.5) is 0 Å². The van der Waals surface area contributed by atoms with Crippen molar-refractivity contribution in [2.75, 3.05) is 6.54 Å². The highest BCUT2D eigenvalue weighted by atomic mass is 35.5. The first-order valence-electron chi connectivity index (χ1n) is 5.59. The zero-order chi connectivity index (χ0) is 12.3. The summed E-state index contributed by atoms with van der Waals surface area (Å²) in [4.78, 5) is 11.7. The Kier molecular flexibility index (Phi) is 3.99. The Morgan fingerprint density at radius 1 is 1.53 bits per heavy atom. The van der Waals surface area contributed by atoms with Crippen molar-refractivity contribution in [2.24, 2.45) is 0 Å². The normalized spacial score (nSPS) is 23.6. The number of carbonyl (C=O) groups excluding carboxylic acids is 1. The third-order valence-electron chi connectivity index (χ3n) is 2.84. The van der Waals surface area contributed by atoms with Crippen LogP contribution in [0.3, 0.4) is 0 Å². The topological polar surface area (TPSA) is 61.4 Å². The maximum absolute atomic E-state index is 11.7. The fourth-order valence-electron chi connectivity index (χ4n) is 1.86. The van der Waals surface area contributed by atoms with Crippen molar-refractivity contribution < 1.29 is 9.90 Å². The number of hydrogen-bond donors (Lipinski definition) is 3. The lowest BCUT2D eigenvalue weighted by molar-refractivity contribution is -0.123. The van der Waals surface area contributed by atoms with Gasteiger partial charge in [0.15, 0.2) is 0 Å². The summed E-state index contributed by atoms with van der Waals surface area (Å²) >= 11 is 5.98. The summed E-state index contributed by atoms with van der Waals surface area (Å²) in [6.07, 6.45) is 0.0417. The van der Waals surface area contributed by atoms with Gasteiger partial charge in [-0.25, -0.2) is 0 Å². The Morgan fingerprint density at radius 3 is 2.94 bits per heavy atom. The Labute approximate surface area is 105 Å². The van der Waals surface area contributed by atoms with E-state index in [4.69, 9.17) is 11.6 Å². The molecule has 0 radical (unpaired) electrons. The molecule has 5 heteroatoms. The first-order chi connectivity index (χ1) is 8.16. The van der Waals surface area contributed by atoms with Crippen molar-refractivity contribution in [1.82, 2.24) is 10.6 Å². The number of carbonyl (C=O) groups is 1. The van der Waals surface area contributed by atoms with Crippen molar-refractivity contribution in [3.63, 3.8) is 0 Å². The lowest BCUT2D eigenvalue weighted by atomic mass is 10.2. The lowest BCUT2D eigenvalue weighted by Crippen LogP contribution is -2.40. The molecule has 0 aliphatic carbocycles. The Hall–Kier alpha value is -1.10. The maximum atomic E-state index is 11.7. The SMILES string of the molecule is O=C(NCc1ccccc1Cl)[C@H]1C[C@@H](O)CN1. The van der Waals surface area contributed by atoms with Crippen LogP contribution in [-0.2, 0) is 11.3 Å². The van der Waals surface area contributed by atoms with E-state index in [1.165, 1.54) is 0 Å². The molecule has 4 nitrogen and oxygen atoms in total. The molecule has 1 saturated heterocycles. The molecule has 1 aromatic rings. The summed E-state index contributed by atoms with van der Waals surface area (Å²) in [5.41, 5.74) is 0.890. The number of aliphatic hydroxyl groups excluding tert-OH is 1. The molecule has 1 amide bonds. The highest BCUT2D eigenvalue weighted by Gasteiger charge is 2.27. The third-order valence-corrected chi connectivity index (χ3v) is 3.20. The van der Waals surface area contributed by atoms with Gasteiger partial charge in [-0.15, -0.1) is 0 Å². The van der Waals surface area contributed by atoms with E-state index in [1.54, 1.807) is 6.07 Å². The first-order valence-corrected chi connectivity index (χ1v) is 5.97. The van der Waals surface area contributed by atoms with Gasteiger partial charge in [0, 0.05) is 18.1 Å². The maximum Gasteiger partial charge on any atom is 0.237 e. The molecule has 1 aliphatic rings. The number of amides is 1. The molecule has 1 heterocycles. The summed E-state index contributed by atoms with van der Waals surface area (Å²) in [5.74, 6) is -0.0959. The van der Waals surface area contributed by atoms with Crippen molar-refractivity contribution >= 4 is 17.5 Å².